The van der Waals surface area contributed by atoms with Crippen molar-refractivity contribution < 1.29 is 9.90 Å². The van der Waals surface area contributed by atoms with Gasteiger partial charge in [-0.15, -0.1) is 5.10 Å². The van der Waals surface area contributed by atoms with Crippen molar-refractivity contribution >= 4 is 11.9 Å². The summed E-state index contributed by atoms with van der Waals surface area (Å²) in [6.45, 7) is 1.89. The van der Waals surface area contributed by atoms with Crippen LogP contribution in [0.5, 0.6) is 0 Å². The van der Waals surface area contributed by atoms with E-state index in [2.05, 4.69) is 10.1 Å². The number of carboxylic acid groups (broad SMARTS) is 1. The van der Waals surface area contributed by atoms with E-state index in [0.29, 0.717) is 0 Å². The molecule has 0 radical (unpaired) electrons. The molecule has 1 aromatic heterocycles. The third-order valence-electron chi connectivity index (χ3n) is 2.17. The highest BCUT2D eigenvalue weighted by molar-refractivity contribution is 5.83. The average Bonchev–Trinajstić information content (AvgIpc) is 2.61. The van der Waals surface area contributed by atoms with Crippen molar-refractivity contribution in [1.82, 2.24) is 14.8 Å². The average molecular weight is 218 g/mol. The quantitative estimate of drug-likeness (QED) is 0.779. The largest absolute Gasteiger partial charge is 0.475 e. The second-order valence-electron chi connectivity index (χ2n) is 3.30. The lowest BCUT2D eigenvalue weighted by Crippen LogP contribution is -2.04. The molecule has 1 heterocycles. The minimum absolute atomic E-state index is 0.0618. The molecule has 0 amide bonds. The number of benzene rings is 1. The van der Waals surface area contributed by atoms with Crippen molar-refractivity contribution in [3.05, 3.63) is 35.7 Å². The van der Waals surface area contributed by atoms with E-state index in [9.17, 15) is 4.79 Å². The maximum absolute atomic E-state index is 10.7. The van der Waals surface area contributed by atoms with Gasteiger partial charge in [-0.1, -0.05) is 18.2 Å². The second-order valence-corrected chi connectivity index (χ2v) is 3.30. The Morgan fingerprint density at radius 1 is 1.44 bits per heavy atom. The zero-order chi connectivity index (χ0) is 11.7. The van der Waals surface area contributed by atoms with Crippen molar-refractivity contribution in [2.24, 2.45) is 0 Å². The molecule has 0 fully saturated rings. The summed E-state index contributed by atoms with van der Waals surface area (Å²) in [5.41, 5.74) is 7.27. The number of hydrogen-bond donors (Lipinski definition) is 2. The van der Waals surface area contributed by atoms with Crippen molar-refractivity contribution in [3.8, 4) is 5.69 Å². The molecule has 1 aromatic carbocycles. The van der Waals surface area contributed by atoms with E-state index in [1.165, 1.54) is 4.68 Å². The first-order valence-corrected chi connectivity index (χ1v) is 4.61. The number of carbonyl (C=O) groups is 1. The summed E-state index contributed by atoms with van der Waals surface area (Å²) >= 11 is 0. The standard InChI is InChI=1S/C10H10N4O2/c1-6-4-2-3-5-7(6)14-10(11)12-8(13-14)9(15)16/h2-5H,1H3,(H,15,16)(H2,11,12,13). The number of aromatic carboxylic acids is 1. The first kappa shape index (κ1) is 10.2. The molecule has 0 spiro atoms. The molecule has 2 rings (SSSR count). The van der Waals surface area contributed by atoms with Gasteiger partial charge in [0.05, 0.1) is 5.69 Å². The van der Waals surface area contributed by atoms with Crippen LogP contribution in [0.3, 0.4) is 0 Å². The van der Waals surface area contributed by atoms with E-state index in [1.807, 2.05) is 25.1 Å². The van der Waals surface area contributed by atoms with Gasteiger partial charge in [-0.25, -0.2) is 4.79 Å². The Balaban J connectivity index is 2.57. The van der Waals surface area contributed by atoms with Crippen LogP contribution in [0.4, 0.5) is 5.95 Å². The van der Waals surface area contributed by atoms with E-state index in [0.717, 1.165) is 11.3 Å². The molecule has 0 aliphatic heterocycles. The number of aryl methyl sites for hydroxylation is 1. The summed E-state index contributed by atoms with van der Waals surface area (Å²) in [6, 6.07) is 7.39. The molecule has 0 aliphatic carbocycles. The fourth-order valence-electron chi connectivity index (χ4n) is 1.39. The molecule has 6 nitrogen and oxygen atoms in total. The lowest BCUT2D eigenvalue weighted by atomic mass is 10.2. The monoisotopic (exact) mass is 218 g/mol. The number of para-hydroxylation sites is 1. The van der Waals surface area contributed by atoms with Crippen LogP contribution in [-0.2, 0) is 0 Å². The van der Waals surface area contributed by atoms with E-state index >= 15 is 0 Å². The summed E-state index contributed by atoms with van der Waals surface area (Å²) in [4.78, 5) is 14.3. The van der Waals surface area contributed by atoms with Crippen LogP contribution in [0.1, 0.15) is 16.2 Å². The Morgan fingerprint density at radius 2 is 2.12 bits per heavy atom. The van der Waals surface area contributed by atoms with Gasteiger partial charge in [0.15, 0.2) is 0 Å². The van der Waals surface area contributed by atoms with Gasteiger partial charge in [-0.3, -0.25) is 0 Å². The second kappa shape index (κ2) is 3.65. The fraction of sp³-hybridized carbons (Fsp3) is 0.100. The van der Waals surface area contributed by atoms with Gasteiger partial charge in [0.1, 0.15) is 0 Å². The summed E-state index contributed by atoms with van der Waals surface area (Å²) in [5, 5.41) is 12.6. The molecule has 0 saturated heterocycles. The zero-order valence-electron chi connectivity index (χ0n) is 8.58. The predicted molar refractivity (Wildman–Crippen MR) is 57.5 cm³/mol. The maximum Gasteiger partial charge on any atom is 0.375 e. The predicted octanol–water partition coefficient (Wildman–Crippen LogP) is 0.856. The molecule has 0 atom stereocenters. The van der Waals surface area contributed by atoms with Crippen molar-refractivity contribution in [2.45, 2.75) is 6.92 Å². The highest BCUT2D eigenvalue weighted by Crippen LogP contribution is 2.15. The van der Waals surface area contributed by atoms with Crippen molar-refractivity contribution in [1.29, 1.82) is 0 Å². The van der Waals surface area contributed by atoms with E-state index in [4.69, 9.17) is 10.8 Å². The summed E-state index contributed by atoms with van der Waals surface area (Å²) < 4.78 is 1.32. The first-order valence-electron chi connectivity index (χ1n) is 4.61. The molecule has 82 valence electrons. The Morgan fingerprint density at radius 3 is 2.69 bits per heavy atom. The minimum atomic E-state index is -1.20. The molecule has 0 aliphatic rings. The molecular formula is C10H10N4O2. The molecule has 3 N–H and O–H groups in total. The highest BCUT2D eigenvalue weighted by atomic mass is 16.4. The summed E-state index contributed by atoms with van der Waals surface area (Å²) in [5.74, 6) is -1.44. The number of nitrogens with two attached hydrogens (primary N) is 1. The molecule has 16 heavy (non-hydrogen) atoms. The number of rotatable bonds is 2. The Labute approximate surface area is 91.3 Å². The minimum Gasteiger partial charge on any atom is -0.475 e. The van der Waals surface area contributed by atoms with E-state index in [1.54, 1.807) is 6.07 Å². The van der Waals surface area contributed by atoms with Crippen LogP contribution in [0, 0.1) is 6.92 Å². The maximum atomic E-state index is 10.7. The molecule has 2 aromatic rings. The van der Waals surface area contributed by atoms with E-state index < -0.39 is 5.97 Å². The molecule has 0 bridgehead atoms. The molecule has 6 heteroatoms. The van der Waals surface area contributed by atoms with Gasteiger partial charge in [0, 0.05) is 0 Å². The van der Waals surface area contributed by atoms with Gasteiger partial charge in [0.25, 0.3) is 5.82 Å². The lowest BCUT2D eigenvalue weighted by molar-refractivity contribution is 0.0683. The summed E-state index contributed by atoms with van der Waals surface area (Å²) in [6.07, 6.45) is 0. The van der Waals surface area contributed by atoms with Crippen LogP contribution in [0.15, 0.2) is 24.3 Å². The number of anilines is 1. The third-order valence-corrected chi connectivity index (χ3v) is 2.17. The van der Waals surface area contributed by atoms with Gasteiger partial charge >= 0.3 is 5.97 Å². The van der Waals surface area contributed by atoms with Crippen LogP contribution >= 0.6 is 0 Å². The lowest BCUT2D eigenvalue weighted by Gasteiger charge is -2.05. The van der Waals surface area contributed by atoms with Gasteiger partial charge in [0.2, 0.25) is 5.95 Å². The van der Waals surface area contributed by atoms with Gasteiger partial charge in [-0.05, 0) is 18.6 Å². The van der Waals surface area contributed by atoms with Crippen molar-refractivity contribution in [2.75, 3.05) is 5.73 Å². The van der Waals surface area contributed by atoms with Crippen LogP contribution in [-0.4, -0.2) is 25.8 Å². The fourth-order valence-corrected chi connectivity index (χ4v) is 1.39. The van der Waals surface area contributed by atoms with Crippen molar-refractivity contribution in [3.63, 3.8) is 0 Å². The third kappa shape index (κ3) is 1.60. The number of hydrogen-bond acceptors (Lipinski definition) is 4. The Hall–Kier alpha value is -2.37. The van der Waals surface area contributed by atoms with Crippen LogP contribution in [0.2, 0.25) is 0 Å². The van der Waals surface area contributed by atoms with Gasteiger partial charge < -0.3 is 10.8 Å². The smallest absolute Gasteiger partial charge is 0.375 e. The molecule has 0 saturated carbocycles. The topological polar surface area (TPSA) is 94.0 Å². The van der Waals surface area contributed by atoms with Crippen LogP contribution in [0.25, 0.3) is 5.69 Å². The normalized spacial score (nSPS) is 10.3. The number of nitrogen functional groups attached to an aromatic ring is 1. The van der Waals surface area contributed by atoms with Gasteiger partial charge in [-0.2, -0.15) is 9.67 Å². The molecular weight excluding hydrogens is 208 g/mol. The highest BCUT2D eigenvalue weighted by Gasteiger charge is 2.14. The summed E-state index contributed by atoms with van der Waals surface area (Å²) in [7, 11) is 0. The first-order chi connectivity index (χ1) is 7.59. The number of aromatic nitrogens is 3. The number of carboxylic acids is 1. The SMILES string of the molecule is Cc1ccccc1-n1nc(C(=O)O)nc1N. The Bertz CT molecular complexity index is 548. The Kier molecular flexibility index (Phi) is 2.32. The van der Waals surface area contributed by atoms with Crippen LogP contribution < -0.4 is 5.73 Å². The van der Waals surface area contributed by atoms with E-state index in [-0.39, 0.29) is 11.8 Å². The molecule has 0 unspecified atom stereocenters. The zero-order valence-corrected chi connectivity index (χ0v) is 8.58. The number of nitrogens with zero attached hydrogens (tertiary/aromatic N) is 3.